The fourth-order valence-electron chi connectivity index (χ4n) is 2.34. The van der Waals surface area contributed by atoms with E-state index in [1.54, 1.807) is 11.3 Å². The van der Waals surface area contributed by atoms with Gasteiger partial charge in [0.15, 0.2) is 0 Å². The topological polar surface area (TPSA) is 42.1 Å². The second-order valence-electron chi connectivity index (χ2n) is 5.85. The minimum Gasteiger partial charge on any atom is -0.321 e. The molecule has 1 saturated heterocycles. The lowest BCUT2D eigenvalue weighted by Crippen LogP contribution is -2.27. The lowest BCUT2D eigenvalue weighted by molar-refractivity contribution is 0.288. The van der Waals surface area contributed by atoms with E-state index in [-0.39, 0.29) is 5.54 Å². The summed E-state index contributed by atoms with van der Waals surface area (Å²) in [4.78, 5) is 8.28. The molecule has 102 valence electrons. The first-order valence-corrected chi connectivity index (χ1v) is 7.84. The van der Waals surface area contributed by atoms with Crippen LogP contribution < -0.4 is 5.73 Å². The number of likely N-dealkylation sites (tertiary alicyclic amines) is 1. The van der Waals surface area contributed by atoms with Gasteiger partial charge in [0.25, 0.3) is 0 Å². The fraction of sp³-hybridized carbons (Fsp3) is 0.786. The van der Waals surface area contributed by atoms with Gasteiger partial charge in [0.1, 0.15) is 0 Å². The Kier molecular flexibility index (Phi) is 4.76. The van der Waals surface area contributed by atoms with Gasteiger partial charge >= 0.3 is 0 Å². The molecule has 0 spiro atoms. The van der Waals surface area contributed by atoms with Gasteiger partial charge in [0, 0.05) is 29.6 Å². The predicted molar refractivity (Wildman–Crippen MR) is 77.9 cm³/mol. The molecular weight excluding hydrogens is 242 g/mol. The second kappa shape index (κ2) is 6.13. The van der Waals surface area contributed by atoms with E-state index in [4.69, 9.17) is 5.73 Å². The Morgan fingerprint density at radius 3 is 2.50 bits per heavy atom. The number of rotatable bonds is 4. The van der Waals surface area contributed by atoms with Gasteiger partial charge in [-0.05, 0) is 39.8 Å². The normalized spacial score (nSPS) is 18.8. The Bertz CT molecular complexity index is 359. The summed E-state index contributed by atoms with van der Waals surface area (Å²) in [6.45, 7) is 7.76. The third kappa shape index (κ3) is 4.04. The summed E-state index contributed by atoms with van der Waals surface area (Å²) in [6.07, 6.45) is 8.54. The lowest BCUT2D eigenvalue weighted by Gasteiger charge is -2.18. The SMILES string of the molecule is CC(C)(N)c1cnc(CCN2CCCCCC2)s1. The van der Waals surface area contributed by atoms with Gasteiger partial charge in [-0.25, -0.2) is 4.98 Å². The largest absolute Gasteiger partial charge is 0.321 e. The van der Waals surface area contributed by atoms with E-state index in [0.29, 0.717) is 0 Å². The van der Waals surface area contributed by atoms with E-state index >= 15 is 0 Å². The number of thiazole rings is 1. The molecule has 0 saturated carbocycles. The van der Waals surface area contributed by atoms with Gasteiger partial charge in [0.05, 0.1) is 5.01 Å². The maximum atomic E-state index is 6.09. The van der Waals surface area contributed by atoms with E-state index in [1.807, 2.05) is 20.0 Å². The monoisotopic (exact) mass is 267 g/mol. The molecule has 0 amide bonds. The Hall–Kier alpha value is -0.450. The summed E-state index contributed by atoms with van der Waals surface area (Å²) in [7, 11) is 0. The Labute approximate surface area is 114 Å². The molecule has 0 unspecified atom stereocenters. The highest BCUT2D eigenvalue weighted by Gasteiger charge is 2.18. The number of nitrogens with zero attached hydrogens (tertiary/aromatic N) is 2. The maximum absolute atomic E-state index is 6.09. The van der Waals surface area contributed by atoms with E-state index in [1.165, 1.54) is 48.7 Å². The molecule has 18 heavy (non-hydrogen) atoms. The summed E-state index contributed by atoms with van der Waals surface area (Å²) in [6, 6.07) is 0. The van der Waals surface area contributed by atoms with Gasteiger partial charge in [0.2, 0.25) is 0 Å². The molecule has 3 nitrogen and oxygen atoms in total. The highest BCUT2D eigenvalue weighted by molar-refractivity contribution is 7.11. The average molecular weight is 267 g/mol. The molecule has 1 aromatic rings. The standard InChI is InChI=1S/C14H25N3S/c1-14(2,15)12-11-16-13(18-12)7-10-17-8-5-3-4-6-9-17/h11H,3-10,15H2,1-2H3. The van der Waals surface area contributed by atoms with Crippen molar-refractivity contribution >= 4 is 11.3 Å². The van der Waals surface area contributed by atoms with Crippen LogP contribution in [0.3, 0.4) is 0 Å². The molecule has 2 N–H and O–H groups in total. The third-order valence-corrected chi connectivity index (χ3v) is 4.93. The van der Waals surface area contributed by atoms with Crippen LogP contribution in [0.1, 0.15) is 49.4 Å². The molecular formula is C14H25N3S. The number of hydrogen-bond acceptors (Lipinski definition) is 4. The first-order chi connectivity index (χ1) is 8.55. The minimum atomic E-state index is -0.251. The Morgan fingerprint density at radius 1 is 1.28 bits per heavy atom. The summed E-state index contributed by atoms with van der Waals surface area (Å²) in [5.74, 6) is 0. The van der Waals surface area contributed by atoms with Gasteiger partial charge in [-0.15, -0.1) is 11.3 Å². The molecule has 1 aliphatic heterocycles. The Balaban J connectivity index is 1.84. The quantitative estimate of drug-likeness (QED) is 0.912. The van der Waals surface area contributed by atoms with Crippen molar-refractivity contribution in [1.29, 1.82) is 0 Å². The van der Waals surface area contributed by atoms with Gasteiger partial charge in [-0.1, -0.05) is 12.8 Å². The molecule has 0 atom stereocenters. The van der Waals surface area contributed by atoms with Crippen molar-refractivity contribution in [3.05, 3.63) is 16.1 Å². The third-order valence-electron chi connectivity index (χ3n) is 3.53. The second-order valence-corrected chi connectivity index (χ2v) is 6.96. The van der Waals surface area contributed by atoms with Crippen molar-refractivity contribution in [3.63, 3.8) is 0 Å². The van der Waals surface area contributed by atoms with Crippen molar-refractivity contribution in [2.45, 2.75) is 51.5 Å². The molecule has 0 aromatic carbocycles. The first-order valence-electron chi connectivity index (χ1n) is 7.02. The molecule has 0 aliphatic carbocycles. The molecule has 1 fully saturated rings. The van der Waals surface area contributed by atoms with Crippen molar-refractivity contribution < 1.29 is 0 Å². The van der Waals surface area contributed by atoms with Crippen LogP contribution >= 0.6 is 11.3 Å². The maximum Gasteiger partial charge on any atom is 0.0941 e. The first kappa shape index (κ1) is 14.0. The predicted octanol–water partition coefficient (Wildman–Crippen LogP) is 2.76. The molecule has 2 heterocycles. The molecule has 2 rings (SSSR count). The molecule has 0 bridgehead atoms. The van der Waals surface area contributed by atoms with E-state index in [0.717, 1.165) is 13.0 Å². The summed E-state index contributed by atoms with van der Waals surface area (Å²) in [5, 5.41) is 1.23. The fourth-order valence-corrected chi connectivity index (χ4v) is 3.26. The van der Waals surface area contributed by atoms with Crippen LogP contribution in [0.15, 0.2) is 6.20 Å². The van der Waals surface area contributed by atoms with Gasteiger partial charge in [-0.2, -0.15) is 0 Å². The van der Waals surface area contributed by atoms with Crippen LogP contribution in [0.2, 0.25) is 0 Å². The van der Waals surface area contributed by atoms with Crippen LogP contribution in [0.4, 0.5) is 0 Å². The Morgan fingerprint density at radius 2 is 1.94 bits per heavy atom. The number of aromatic nitrogens is 1. The molecule has 0 radical (unpaired) electrons. The lowest BCUT2D eigenvalue weighted by atomic mass is 10.1. The van der Waals surface area contributed by atoms with Crippen molar-refractivity contribution in [1.82, 2.24) is 9.88 Å². The van der Waals surface area contributed by atoms with Crippen molar-refractivity contribution in [2.75, 3.05) is 19.6 Å². The zero-order valence-corrected chi connectivity index (χ0v) is 12.4. The van der Waals surface area contributed by atoms with Crippen LogP contribution in [-0.2, 0) is 12.0 Å². The van der Waals surface area contributed by atoms with Crippen LogP contribution in [0.5, 0.6) is 0 Å². The van der Waals surface area contributed by atoms with Crippen LogP contribution in [-0.4, -0.2) is 29.5 Å². The zero-order valence-electron chi connectivity index (χ0n) is 11.6. The number of hydrogen-bond donors (Lipinski definition) is 1. The highest BCUT2D eigenvalue weighted by Crippen LogP contribution is 2.24. The molecule has 1 aliphatic rings. The highest BCUT2D eigenvalue weighted by atomic mass is 32.1. The minimum absolute atomic E-state index is 0.251. The van der Waals surface area contributed by atoms with Gasteiger partial charge < -0.3 is 10.6 Å². The molecule has 4 heteroatoms. The summed E-state index contributed by atoms with van der Waals surface area (Å²) < 4.78 is 0. The van der Waals surface area contributed by atoms with Crippen molar-refractivity contribution in [2.24, 2.45) is 5.73 Å². The van der Waals surface area contributed by atoms with Crippen molar-refractivity contribution in [3.8, 4) is 0 Å². The van der Waals surface area contributed by atoms with E-state index in [2.05, 4.69) is 9.88 Å². The number of nitrogens with two attached hydrogens (primary N) is 1. The smallest absolute Gasteiger partial charge is 0.0941 e. The van der Waals surface area contributed by atoms with Gasteiger partial charge in [-0.3, -0.25) is 0 Å². The van der Waals surface area contributed by atoms with Crippen LogP contribution in [0, 0.1) is 0 Å². The van der Waals surface area contributed by atoms with E-state index in [9.17, 15) is 0 Å². The van der Waals surface area contributed by atoms with Crippen LogP contribution in [0.25, 0.3) is 0 Å². The summed E-state index contributed by atoms with van der Waals surface area (Å²) in [5.41, 5.74) is 5.84. The van der Waals surface area contributed by atoms with E-state index < -0.39 is 0 Å². The average Bonchev–Trinajstić information content (AvgIpc) is 2.64. The summed E-state index contributed by atoms with van der Waals surface area (Å²) >= 11 is 1.77. The molecule has 1 aromatic heterocycles. The zero-order chi connectivity index (χ0) is 13.0.